The summed E-state index contributed by atoms with van der Waals surface area (Å²) in [6, 6.07) is 5.34. The maximum absolute atomic E-state index is 12.5. The van der Waals surface area contributed by atoms with Gasteiger partial charge in [0.25, 0.3) is 5.91 Å². The second kappa shape index (κ2) is 6.01. The fraction of sp³-hybridized carbons (Fsp3) is 0.500. The molecule has 6 heteroatoms. The number of carbonyl (C=O) groups excluding carboxylic acids is 1. The summed E-state index contributed by atoms with van der Waals surface area (Å²) < 4.78 is 16.5. The van der Waals surface area contributed by atoms with Crippen LogP contribution in [-0.4, -0.2) is 55.2 Å². The van der Waals surface area contributed by atoms with Gasteiger partial charge in [-0.3, -0.25) is 4.79 Å². The summed E-state index contributed by atoms with van der Waals surface area (Å²) in [7, 11) is 0. The molecule has 2 aliphatic rings. The minimum absolute atomic E-state index is 0.0104. The maximum atomic E-state index is 12.5. The number of halogens is 1. The van der Waals surface area contributed by atoms with Crippen molar-refractivity contribution in [1.29, 1.82) is 0 Å². The molecule has 0 spiro atoms. The van der Waals surface area contributed by atoms with Gasteiger partial charge in [0.1, 0.15) is 13.2 Å². The normalized spacial score (nSPS) is 21.6. The van der Waals surface area contributed by atoms with Crippen LogP contribution in [0.5, 0.6) is 11.5 Å². The second-order valence-electron chi connectivity index (χ2n) is 4.76. The fourth-order valence-corrected chi connectivity index (χ4v) is 2.75. The molecule has 3 rings (SSSR count). The van der Waals surface area contributed by atoms with E-state index in [0.717, 1.165) is 5.33 Å². The lowest BCUT2D eigenvalue weighted by Gasteiger charge is -2.32. The van der Waals surface area contributed by atoms with Crippen LogP contribution in [0.2, 0.25) is 0 Å². The fourth-order valence-electron chi connectivity index (χ4n) is 2.36. The van der Waals surface area contributed by atoms with Crippen molar-refractivity contribution in [2.45, 2.75) is 6.10 Å². The van der Waals surface area contributed by atoms with Gasteiger partial charge in [0.05, 0.1) is 12.7 Å². The topological polar surface area (TPSA) is 48.0 Å². The second-order valence-corrected chi connectivity index (χ2v) is 5.40. The number of rotatable bonds is 2. The molecule has 1 aromatic rings. The van der Waals surface area contributed by atoms with Crippen molar-refractivity contribution >= 4 is 21.8 Å². The number of benzene rings is 1. The van der Waals surface area contributed by atoms with Crippen molar-refractivity contribution in [2.75, 3.05) is 38.2 Å². The molecule has 2 heterocycles. The average Bonchev–Trinajstić information content (AvgIpc) is 2.53. The van der Waals surface area contributed by atoms with Gasteiger partial charge in [-0.25, -0.2) is 0 Å². The van der Waals surface area contributed by atoms with Gasteiger partial charge in [-0.15, -0.1) is 0 Å². The van der Waals surface area contributed by atoms with Crippen LogP contribution in [0.3, 0.4) is 0 Å². The van der Waals surface area contributed by atoms with Crippen LogP contribution < -0.4 is 9.47 Å². The van der Waals surface area contributed by atoms with Crippen molar-refractivity contribution in [3.8, 4) is 11.5 Å². The molecule has 1 atom stereocenters. The molecular weight excluding hydrogens is 326 g/mol. The molecule has 1 unspecified atom stereocenters. The van der Waals surface area contributed by atoms with E-state index in [4.69, 9.17) is 14.2 Å². The summed E-state index contributed by atoms with van der Waals surface area (Å²) in [6.45, 7) is 2.88. The highest BCUT2D eigenvalue weighted by Gasteiger charge is 2.25. The van der Waals surface area contributed by atoms with E-state index in [1.165, 1.54) is 0 Å². The number of nitrogens with zero attached hydrogens (tertiary/aromatic N) is 1. The van der Waals surface area contributed by atoms with Crippen LogP contribution in [0.25, 0.3) is 0 Å². The molecule has 2 aliphatic heterocycles. The first-order valence-electron chi connectivity index (χ1n) is 6.64. The van der Waals surface area contributed by atoms with Crippen LogP contribution in [0.15, 0.2) is 18.2 Å². The highest BCUT2D eigenvalue weighted by Crippen LogP contribution is 2.31. The smallest absolute Gasteiger partial charge is 0.254 e. The Morgan fingerprint density at radius 1 is 1.25 bits per heavy atom. The third-order valence-electron chi connectivity index (χ3n) is 3.39. The van der Waals surface area contributed by atoms with E-state index < -0.39 is 0 Å². The molecule has 0 N–H and O–H groups in total. The standard InChI is InChI=1S/C14H16BrNO4/c15-8-11-9-16(3-4-18-11)14(17)10-1-2-12-13(7-10)20-6-5-19-12/h1-2,7,11H,3-6,8-9H2. The molecule has 1 amide bonds. The first-order chi connectivity index (χ1) is 9.78. The molecule has 0 saturated carbocycles. The average molecular weight is 342 g/mol. The SMILES string of the molecule is O=C(c1ccc2c(c1)OCCO2)N1CCOC(CBr)C1. The highest BCUT2D eigenvalue weighted by molar-refractivity contribution is 9.09. The number of morpholine rings is 1. The summed E-state index contributed by atoms with van der Waals surface area (Å²) in [5.74, 6) is 1.36. The molecule has 1 fully saturated rings. The molecule has 1 aromatic carbocycles. The van der Waals surface area contributed by atoms with E-state index in [2.05, 4.69) is 15.9 Å². The number of hydrogen-bond donors (Lipinski definition) is 0. The lowest BCUT2D eigenvalue weighted by Crippen LogP contribution is -2.46. The zero-order valence-electron chi connectivity index (χ0n) is 11.0. The van der Waals surface area contributed by atoms with Crippen molar-refractivity contribution in [3.63, 3.8) is 0 Å². The Balaban J connectivity index is 1.76. The summed E-state index contributed by atoms with van der Waals surface area (Å²) in [6.07, 6.45) is 0.0601. The Morgan fingerprint density at radius 3 is 2.85 bits per heavy atom. The Hall–Kier alpha value is -1.27. The molecule has 0 aliphatic carbocycles. The van der Waals surface area contributed by atoms with Gasteiger partial charge < -0.3 is 19.1 Å². The minimum Gasteiger partial charge on any atom is -0.486 e. The number of hydrogen-bond acceptors (Lipinski definition) is 4. The van der Waals surface area contributed by atoms with Crippen LogP contribution in [0, 0.1) is 0 Å². The van der Waals surface area contributed by atoms with Crippen molar-refractivity contribution in [1.82, 2.24) is 4.90 Å². The Bertz CT molecular complexity index is 508. The Morgan fingerprint density at radius 2 is 2.05 bits per heavy atom. The van der Waals surface area contributed by atoms with E-state index in [1.807, 2.05) is 4.90 Å². The zero-order valence-corrected chi connectivity index (χ0v) is 12.6. The number of carbonyl (C=O) groups is 1. The van der Waals surface area contributed by atoms with Crippen LogP contribution in [-0.2, 0) is 4.74 Å². The number of fused-ring (bicyclic) bond motifs is 1. The lowest BCUT2D eigenvalue weighted by atomic mass is 10.1. The molecule has 0 bridgehead atoms. The molecule has 108 valence electrons. The largest absolute Gasteiger partial charge is 0.486 e. The lowest BCUT2D eigenvalue weighted by molar-refractivity contribution is -0.00967. The van der Waals surface area contributed by atoms with Gasteiger partial charge in [0.15, 0.2) is 11.5 Å². The van der Waals surface area contributed by atoms with Gasteiger partial charge in [0, 0.05) is 24.0 Å². The maximum Gasteiger partial charge on any atom is 0.254 e. The monoisotopic (exact) mass is 341 g/mol. The molecule has 5 nitrogen and oxygen atoms in total. The molecule has 0 aromatic heterocycles. The van der Waals surface area contributed by atoms with Crippen LogP contribution in [0.1, 0.15) is 10.4 Å². The highest BCUT2D eigenvalue weighted by atomic mass is 79.9. The molecular formula is C14H16BrNO4. The first-order valence-corrected chi connectivity index (χ1v) is 7.76. The number of amides is 1. The van der Waals surface area contributed by atoms with Gasteiger partial charge in [-0.2, -0.15) is 0 Å². The summed E-state index contributed by atoms with van der Waals surface area (Å²) >= 11 is 3.39. The quantitative estimate of drug-likeness (QED) is 0.768. The van der Waals surface area contributed by atoms with Crippen molar-refractivity contribution < 1.29 is 19.0 Å². The van der Waals surface area contributed by atoms with E-state index in [-0.39, 0.29) is 12.0 Å². The Kier molecular flexibility index (Phi) is 4.12. The first kappa shape index (κ1) is 13.7. The van der Waals surface area contributed by atoms with E-state index >= 15 is 0 Å². The summed E-state index contributed by atoms with van der Waals surface area (Å²) in [5.41, 5.74) is 0.629. The summed E-state index contributed by atoms with van der Waals surface area (Å²) in [5, 5.41) is 0.734. The van der Waals surface area contributed by atoms with Crippen molar-refractivity contribution in [3.05, 3.63) is 23.8 Å². The third kappa shape index (κ3) is 2.76. The van der Waals surface area contributed by atoms with Gasteiger partial charge in [-0.1, -0.05) is 15.9 Å². The van der Waals surface area contributed by atoms with Gasteiger partial charge in [0.2, 0.25) is 0 Å². The third-order valence-corrected chi connectivity index (χ3v) is 4.11. The van der Waals surface area contributed by atoms with Gasteiger partial charge in [-0.05, 0) is 18.2 Å². The van der Waals surface area contributed by atoms with Gasteiger partial charge >= 0.3 is 0 Å². The predicted octanol–water partition coefficient (Wildman–Crippen LogP) is 1.69. The van der Waals surface area contributed by atoms with E-state index in [9.17, 15) is 4.79 Å². The molecule has 1 saturated heterocycles. The van der Waals surface area contributed by atoms with Crippen LogP contribution in [0.4, 0.5) is 0 Å². The minimum atomic E-state index is 0.0104. The summed E-state index contributed by atoms with van der Waals surface area (Å²) in [4.78, 5) is 14.3. The molecule has 20 heavy (non-hydrogen) atoms. The predicted molar refractivity (Wildman–Crippen MR) is 76.9 cm³/mol. The van der Waals surface area contributed by atoms with Crippen LogP contribution >= 0.6 is 15.9 Å². The van der Waals surface area contributed by atoms with Crippen molar-refractivity contribution in [2.24, 2.45) is 0 Å². The van der Waals surface area contributed by atoms with E-state index in [0.29, 0.717) is 50.0 Å². The van der Waals surface area contributed by atoms with E-state index in [1.54, 1.807) is 18.2 Å². The Labute approximate surface area is 125 Å². The number of alkyl halides is 1. The number of ether oxygens (including phenoxy) is 3. The zero-order chi connectivity index (χ0) is 13.9. The molecule has 0 radical (unpaired) electrons.